The number of amides is 2. The van der Waals surface area contributed by atoms with Gasteiger partial charge >= 0.3 is 0 Å². The molecule has 6 heteroatoms. The fraction of sp³-hybridized carbons (Fsp3) is 0.222. The minimum atomic E-state index is -0.524. The summed E-state index contributed by atoms with van der Waals surface area (Å²) in [5, 5.41) is 5.56. The van der Waals surface area contributed by atoms with E-state index in [0.717, 1.165) is 5.56 Å². The molecule has 2 N–H and O–H groups in total. The van der Waals surface area contributed by atoms with Gasteiger partial charge in [0.1, 0.15) is 5.75 Å². The summed E-state index contributed by atoms with van der Waals surface area (Å²) in [6.45, 7) is 2.19. The molecule has 24 heavy (non-hydrogen) atoms. The minimum absolute atomic E-state index is 0.209. The highest BCUT2D eigenvalue weighted by molar-refractivity contribution is 6.05. The van der Waals surface area contributed by atoms with E-state index in [4.69, 9.17) is 9.47 Å². The van der Waals surface area contributed by atoms with Gasteiger partial charge in [0.25, 0.3) is 11.8 Å². The van der Waals surface area contributed by atoms with E-state index in [0.29, 0.717) is 29.3 Å². The number of fused-ring (bicyclic) bond motifs is 1. The minimum Gasteiger partial charge on any atom is -0.479 e. The largest absolute Gasteiger partial charge is 0.479 e. The number of rotatable bonds is 4. The van der Waals surface area contributed by atoms with Gasteiger partial charge in [-0.05, 0) is 42.8 Å². The molecule has 0 bridgehead atoms. The van der Waals surface area contributed by atoms with Gasteiger partial charge in [-0.25, -0.2) is 0 Å². The van der Waals surface area contributed by atoms with Crippen LogP contribution in [0.25, 0.3) is 0 Å². The second-order valence-corrected chi connectivity index (χ2v) is 5.54. The molecule has 0 unspecified atom stereocenters. The Labute approximate surface area is 139 Å². The van der Waals surface area contributed by atoms with Crippen LogP contribution in [0.1, 0.15) is 22.8 Å². The van der Waals surface area contributed by atoms with Gasteiger partial charge in [-0.2, -0.15) is 0 Å². The summed E-state index contributed by atoms with van der Waals surface area (Å²) in [5.41, 5.74) is 2.67. The molecule has 0 radical (unpaired) electrons. The highest BCUT2D eigenvalue weighted by Crippen LogP contribution is 2.32. The zero-order valence-corrected chi connectivity index (χ0v) is 13.5. The summed E-state index contributed by atoms with van der Waals surface area (Å²) in [7, 11) is 1.62. The van der Waals surface area contributed by atoms with E-state index in [-0.39, 0.29) is 11.8 Å². The smallest absolute Gasteiger partial charge is 0.265 e. The first kappa shape index (κ1) is 16.0. The van der Waals surface area contributed by atoms with Crippen LogP contribution in [0, 0.1) is 0 Å². The summed E-state index contributed by atoms with van der Waals surface area (Å²) in [6, 6.07) is 12.3. The van der Waals surface area contributed by atoms with Crippen molar-refractivity contribution in [1.29, 1.82) is 0 Å². The van der Waals surface area contributed by atoms with Crippen LogP contribution in [0.15, 0.2) is 42.5 Å². The van der Waals surface area contributed by atoms with Crippen molar-refractivity contribution in [3.8, 4) is 5.75 Å². The normalized spacial score (nSPS) is 15.9. The van der Waals surface area contributed by atoms with Crippen LogP contribution in [0.5, 0.6) is 5.75 Å². The first-order valence-electron chi connectivity index (χ1n) is 7.57. The van der Waals surface area contributed by atoms with Crippen LogP contribution < -0.4 is 15.4 Å². The Bertz CT molecular complexity index is 771. The molecule has 2 amide bonds. The Morgan fingerprint density at radius 1 is 1.25 bits per heavy atom. The summed E-state index contributed by atoms with van der Waals surface area (Å²) >= 11 is 0. The van der Waals surface area contributed by atoms with Gasteiger partial charge in [-0.15, -0.1) is 0 Å². The topological polar surface area (TPSA) is 76.7 Å². The molecule has 0 aromatic heterocycles. The molecule has 1 heterocycles. The van der Waals surface area contributed by atoms with Gasteiger partial charge in [0.15, 0.2) is 6.10 Å². The molecule has 1 aliphatic rings. The fourth-order valence-corrected chi connectivity index (χ4v) is 2.41. The molecule has 2 aromatic rings. The maximum absolute atomic E-state index is 12.3. The lowest BCUT2D eigenvalue weighted by molar-refractivity contribution is -0.122. The van der Waals surface area contributed by atoms with Crippen molar-refractivity contribution in [1.82, 2.24) is 0 Å². The van der Waals surface area contributed by atoms with Crippen molar-refractivity contribution in [2.24, 2.45) is 0 Å². The molecular weight excluding hydrogens is 308 g/mol. The molecule has 3 rings (SSSR count). The van der Waals surface area contributed by atoms with E-state index in [1.165, 1.54) is 0 Å². The van der Waals surface area contributed by atoms with Crippen molar-refractivity contribution in [3.05, 3.63) is 53.6 Å². The van der Waals surface area contributed by atoms with Gasteiger partial charge < -0.3 is 20.1 Å². The molecule has 1 aliphatic heterocycles. The lowest BCUT2D eigenvalue weighted by Crippen LogP contribution is -2.34. The fourth-order valence-electron chi connectivity index (χ4n) is 2.41. The highest BCUT2D eigenvalue weighted by atomic mass is 16.5. The van der Waals surface area contributed by atoms with E-state index < -0.39 is 6.10 Å². The second-order valence-electron chi connectivity index (χ2n) is 5.54. The summed E-state index contributed by atoms with van der Waals surface area (Å²) in [6.07, 6.45) is -0.524. The summed E-state index contributed by atoms with van der Waals surface area (Å²) in [5.74, 6) is 0.152. The van der Waals surface area contributed by atoms with Gasteiger partial charge in [0.2, 0.25) is 0 Å². The van der Waals surface area contributed by atoms with Gasteiger partial charge in [-0.3, -0.25) is 9.59 Å². The van der Waals surface area contributed by atoms with Crippen molar-refractivity contribution in [2.75, 3.05) is 17.7 Å². The molecule has 1 atom stereocenters. The molecule has 0 fully saturated rings. The Balaban J connectivity index is 1.73. The average molecular weight is 326 g/mol. The maximum Gasteiger partial charge on any atom is 0.265 e. The van der Waals surface area contributed by atoms with E-state index >= 15 is 0 Å². The zero-order valence-electron chi connectivity index (χ0n) is 13.5. The standard InChI is InChI=1S/C18H18N2O4/c1-11-17(21)20-15-9-14(7-8-16(15)24-11)19-18(22)13-5-3-12(4-6-13)10-23-2/h3-9,11H,10H2,1-2H3,(H,19,22)(H,20,21)/t11-/m0/s1. The molecule has 124 valence electrons. The Morgan fingerprint density at radius 2 is 2.00 bits per heavy atom. The lowest BCUT2D eigenvalue weighted by atomic mass is 10.1. The highest BCUT2D eigenvalue weighted by Gasteiger charge is 2.23. The summed E-state index contributed by atoms with van der Waals surface area (Å²) in [4.78, 5) is 24.0. The molecule has 0 saturated carbocycles. The Kier molecular flexibility index (Phi) is 4.48. The monoisotopic (exact) mass is 326 g/mol. The second kappa shape index (κ2) is 6.72. The van der Waals surface area contributed by atoms with Crippen molar-refractivity contribution in [3.63, 3.8) is 0 Å². The number of carbonyl (C=O) groups excluding carboxylic acids is 2. The zero-order chi connectivity index (χ0) is 17.1. The number of hydrogen-bond acceptors (Lipinski definition) is 4. The molecule has 0 spiro atoms. The average Bonchev–Trinajstić information content (AvgIpc) is 2.57. The first-order chi connectivity index (χ1) is 11.6. The lowest BCUT2D eigenvalue weighted by Gasteiger charge is -2.23. The van der Waals surface area contributed by atoms with E-state index in [9.17, 15) is 9.59 Å². The predicted molar refractivity (Wildman–Crippen MR) is 90.3 cm³/mol. The molecule has 2 aromatic carbocycles. The van der Waals surface area contributed by atoms with Crippen molar-refractivity contribution >= 4 is 23.2 Å². The molecule has 0 saturated heterocycles. The van der Waals surface area contributed by atoms with Gasteiger partial charge in [0.05, 0.1) is 12.3 Å². The summed E-state index contributed by atoms with van der Waals surface area (Å²) < 4.78 is 10.5. The third kappa shape index (κ3) is 3.38. The van der Waals surface area contributed by atoms with E-state index in [2.05, 4.69) is 10.6 Å². The number of benzene rings is 2. The first-order valence-corrected chi connectivity index (χ1v) is 7.57. The Hall–Kier alpha value is -2.86. The van der Waals surface area contributed by atoms with Crippen LogP contribution in [-0.4, -0.2) is 25.0 Å². The van der Waals surface area contributed by atoms with Crippen LogP contribution in [0.2, 0.25) is 0 Å². The number of carbonyl (C=O) groups is 2. The van der Waals surface area contributed by atoms with Crippen molar-refractivity contribution < 1.29 is 19.1 Å². The van der Waals surface area contributed by atoms with Gasteiger partial charge in [-0.1, -0.05) is 12.1 Å². The third-order valence-electron chi connectivity index (χ3n) is 3.70. The van der Waals surface area contributed by atoms with Gasteiger partial charge in [0, 0.05) is 18.4 Å². The van der Waals surface area contributed by atoms with Crippen LogP contribution in [-0.2, 0) is 16.1 Å². The van der Waals surface area contributed by atoms with Crippen molar-refractivity contribution in [2.45, 2.75) is 19.6 Å². The molecular formula is C18H18N2O4. The third-order valence-corrected chi connectivity index (χ3v) is 3.70. The number of nitrogens with one attached hydrogen (secondary N) is 2. The number of anilines is 2. The molecule has 6 nitrogen and oxygen atoms in total. The molecule has 0 aliphatic carbocycles. The van der Waals surface area contributed by atoms with E-state index in [1.54, 1.807) is 44.4 Å². The van der Waals surface area contributed by atoms with Crippen LogP contribution in [0.3, 0.4) is 0 Å². The number of methoxy groups -OCH3 is 1. The number of hydrogen-bond donors (Lipinski definition) is 2. The van der Waals surface area contributed by atoms with Crippen LogP contribution >= 0.6 is 0 Å². The van der Waals surface area contributed by atoms with Crippen LogP contribution in [0.4, 0.5) is 11.4 Å². The Morgan fingerprint density at radius 3 is 2.71 bits per heavy atom. The van der Waals surface area contributed by atoms with E-state index in [1.807, 2.05) is 12.1 Å². The maximum atomic E-state index is 12.3. The quantitative estimate of drug-likeness (QED) is 0.906. The predicted octanol–water partition coefficient (Wildman–Crippen LogP) is 2.80. The number of ether oxygens (including phenoxy) is 2. The SMILES string of the molecule is COCc1ccc(C(=O)Nc2ccc3c(c2)NC(=O)[C@H](C)O3)cc1.